The van der Waals surface area contributed by atoms with E-state index in [9.17, 15) is 4.79 Å². The summed E-state index contributed by atoms with van der Waals surface area (Å²) in [6, 6.07) is 14.3. The van der Waals surface area contributed by atoms with Crippen molar-refractivity contribution in [3.8, 4) is 11.5 Å². The first kappa shape index (κ1) is 17.8. The number of carbonyl (C=O) groups is 1. The van der Waals surface area contributed by atoms with Crippen molar-refractivity contribution in [2.75, 3.05) is 19.5 Å². The molecule has 1 aromatic heterocycles. The third kappa shape index (κ3) is 3.97. The molecule has 3 aromatic rings. The molecule has 0 aliphatic rings. The molecule has 1 N–H and O–H groups in total. The van der Waals surface area contributed by atoms with Gasteiger partial charge in [-0.15, -0.1) is 0 Å². The fraction of sp³-hybridized carbons (Fsp3) is 0.158. The number of nitrogens with zero attached hydrogens (tertiary/aromatic N) is 2. The molecule has 0 radical (unpaired) electrons. The van der Waals surface area contributed by atoms with Crippen LogP contribution in [0.15, 0.2) is 54.7 Å². The molecule has 2 aromatic carbocycles. The van der Waals surface area contributed by atoms with Gasteiger partial charge < -0.3 is 14.8 Å². The molecular weight excluding hydrogens is 354 g/mol. The number of carbonyl (C=O) groups excluding carboxylic acids is 1. The Kier molecular flexibility index (Phi) is 5.43. The summed E-state index contributed by atoms with van der Waals surface area (Å²) in [6.45, 7) is 0.509. The number of methoxy groups -OCH3 is 2. The van der Waals surface area contributed by atoms with E-state index in [1.54, 1.807) is 42.3 Å². The molecule has 0 saturated heterocycles. The number of amides is 1. The number of hydrogen-bond acceptors (Lipinski definition) is 4. The van der Waals surface area contributed by atoms with Crippen LogP contribution in [0.1, 0.15) is 15.9 Å². The Hall–Kier alpha value is -2.99. The average molecular weight is 372 g/mol. The number of aromatic nitrogens is 2. The molecule has 26 heavy (non-hydrogen) atoms. The summed E-state index contributed by atoms with van der Waals surface area (Å²) in [6.07, 6.45) is 1.63. The summed E-state index contributed by atoms with van der Waals surface area (Å²) < 4.78 is 12.2. The molecule has 0 aliphatic carbocycles. The molecule has 6 nitrogen and oxygen atoms in total. The molecule has 1 heterocycles. The highest BCUT2D eigenvalue weighted by atomic mass is 35.5. The Bertz CT molecular complexity index is 907. The minimum Gasteiger partial charge on any atom is -0.497 e. The Morgan fingerprint density at radius 2 is 1.88 bits per heavy atom. The van der Waals surface area contributed by atoms with E-state index in [0.717, 1.165) is 5.56 Å². The third-order valence-corrected chi connectivity index (χ3v) is 4.11. The molecule has 7 heteroatoms. The van der Waals surface area contributed by atoms with Crippen molar-refractivity contribution in [2.24, 2.45) is 0 Å². The highest BCUT2D eigenvalue weighted by Crippen LogP contribution is 2.25. The fourth-order valence-electron chi connectivity index (χ4n) is 2.50. The predicted octanol–water partition coefficient (Wildman–Crippen LogP) is 3.85. The second-order valence-corrected chi connectivity index (χ2v) is 5.96. The van der Waals surface area contributed by atoms with Crippen LogP contribution in [0.5, 0.6) is 11.5 Å². The molecular formula is C19H18ClN3O3. The highest BCUT2D eigenvalue weighted by molar-refractivity contribution is 6.30. The lowest BCUT2D eigenvalue weighted by Crippen LogP contribution is -2.17. The molecule has 134 valence electrons. The zero-order chi connectivity index (χ0) is 18.5. The van der Waals surface area contributed by atoms with Crippen LogP contribution in [-0.4, -0.2) is 29.9 Å². The van der Waals surface area contributed by atoms with Crippen LogP contribution in [0.4, 0.5) is 5.82 Å². The monoisotopic (exact) mass is 371 g/mol. The summed E-state index contributed by atoms with van der Waals surface area (Å²) in [5, 5.41) is 7.81. The van der Waals surface area contributed by atoms with E-state index in [-0.39, 0.29) is 5.91 Å². The summed E-state index contributed by atoms with van der Waals surface area (Å²) in [5.74, 6) is 1.31. The van der Waals surface area contributed by atoms with E-state index in [1.807, 2.05) is 24.3 Å². The van der Waals surface area contributed by atoms with Gasteiger partial charge in [-0.1, -0.05) is 23.7 Å². The van der Waals surface area contributed by atoms with Crippen molar-refractivity contribution < 1.29 is 14.3 Å². The normalized spacial score (nSPS) is 10.4. The third-order valence-electron chi connectivity index (χ3n) is 3.86. The van der Waals surface area contributed by atoms with Gasteiger partial charge in [0, 0.05) is 11.1 Å². The maximum atomic E-state index is 12.7. The molecule has 0 bridgehead atoms. The van der Waals surface area contributed by atoms with Gasteiger partial charge in [0.05, 0.1) is 32.5 Å². The van der Waals surface area contributed by atoms with E-state index >= 15 is 0 Å². The molecule has 0 spiro atoms. The van der Waals surface area contributed by atoms with Crippen molar-refractivity contribution in [3.63, 3.8) is 0 Å². The van der Waals surface area contributed by atoms with Crippen LogP contribution in [0, 0.1) is 0 Å². The van der Waals surface area contributed by atoms with Crippen molar-refractivity contribution in [3.05, 3.63) is 70.9 Å². The van der Waals surface area contributed by atoms with Gasteiger partial charge in [-0.25, -0.2) is 4.68 Å². The van der Waals surface area contributed by atoms with Gasteiger partial charge in [0.2, 0.25) is 0 Å². The first-order chi connectivity index (χ1) is 12.6. The number of ether oxygens (including phenoxy) is 2. The minimum atomic E-state index is -0.307. The standard InChI is InChI=1S/C19H18ClN3O3/c1-25-15-7-8-17(26-2)16(11-15)19(24)22-18-9-10-21-23(18)12-13-3-5-14(20)6-4-13/h3-11H,12H2,1-2H3,(H,22,24). The van der Waals surface area contributed by atoms with Gasteiger partial charge in [0.1, 0.15) is 17.3 Å². The number of benzene rings is 2. The van der Waals surface area contributed by atoms with Crippen LogP contribution >= 0.6 is 11.6 Å². The molecule has 1 amide bonds. The van der Waals surface area contributed by atoms with Crippen molar-refractivity contribution in [2.45, 2.75) is 6.54 Å². The topological polar surface area (TPSA) is 65.4 Å². The molecule has 0 saturated carbocycles. The van der Waals surface area contributed by atoms with Crippen LogP contribution in [0.25, 0.3) is 0 Å². The maximum absolute atomic E-state index is 12.7. The summed E-state index contributed by atoms with van der Waals surface area (Å²) in [5.41, 5.74) is 1.40. The Morgan fingerprint density at radius 3 is 2.58 bits per heavy atom. The number of anilines is 1. The quantitative estimate of drug-likeness (QED) is 0.714. The first-order valence-corrected chi connectivity index (χ1v) is 8.28. The number of rotatable bonds is 6. The van der Waals surface area contributed by atoms with E-state index in [1.165, 1.54) is 7.11 Å². The zero-order valence-electron chi connectivity index (χ0n) is 14.4. The van der Waals surface area contributed by atoms with Gasteiger partial charge >= 0.3 is 0 Å². The van der Waals surface area contributed by atoms with Gasteiger partial charge in [-0.3, -0.25) is 4.79 Å². The van der Waals surface area contributed by atoms with Crippen molar-refractivity contribution in [1.82, 2.24) is 9.78 Å². The fourth-order valence-corrected chi connectivity index (χ4v) is 2.63. The Labute approximate surface area is 156 Å². The van der Waals surface area contributed by atoms with E-state index in [2.05, 4.69) is 10.4 Å². The Morgan fingerprint density at radius 1 is 1.12 bits per heavy atom. The average Bonchev–Trinajstić information content (AvgIpc) is 3.09. The molecule has 3 rings (SSSR count). The van der Waals surface area contributed by atoms with Gasteiger partial charge in [-0.2, -0.15) is 5.10 Å². The second-order valence-electron chi connectivity index (χ2n) is 5.52. The van der Waals surface area contributed by atoms with Gasteiger partial charge in [0.15, 0.2) is 0 Å². The summed E-state index contributed by atoms with van der Waals surface area (Å²) >= 11 is 5.91. The van der Waals surface area contributed by atoms with E-state index in [0.29, 0.717) is 34.4 Å². The first-order valence-electron chi connectivity index (χ1n) is 7.90. The SMILES string of the molecule is COc1ccc(OC)c(C(=O)Nc2ccnn2Cc2ccc(Cl)cc2)c1. The molecule has 0 atom stereocenters. The van der Waals surface area contributed by atoms with E-state index in [4.69, 9.17) is 21.1 Å². The minimum absolute atomic E-state index is 0.307. The maximum Gasteiger partial charge on any atom is 0.260 e. The van der Waals surface area contributed by atoms with Gasteiger partial charge in [-0.05, 0) is 35.9 Å². The largest absolute Gasteiger partial charge is 0.497 e. The van der Waals surface area contributed by atoms with Crippen LogP contribution < -0.4 is 14.8 Å². The summed E-state index contributed by atoms with van der Waals surface area (Å²) in [7, 11) is 3.06. The lowest BCUT2D eigenvalue weighted by molar-refractivity contribution is 0.102. The molecule has 0 fully saturated rings. The number of halogens is 1. The zero-order valence-corrected chi connectivity index (χ0v) is 15.2. The Balaban J connectivity index is 1.81. The lowest BCUT2D eigenvalue weighted by Gasteiger charge is -2.12. The van der Waals surface area contributed by atoms with Gasteiger partial charge in [0.25, 0.3) is 5.91 Å². The van der Waals surface area contributed by atoms with E-state index < -0.39 is 0 Å². The lowest BCUT2D eigenvalue weighted by atomic mass is 10.1. The predicted molar refractivity (Wildman–Crippen MR) is 100 cm³/mol. The van der Waals surface area contributed by atoms with Crippen LogP contribution in [-0.2, 0) is 6.54 Å². The van der Waals surface area contributed by atoms with Crippen molar-refractivity contribution >= 4 is 23.3 Å². The molecule has 0 unspecified atom stereocenters. The van der Waals surface area contributed by atoms with Crippen LogP contribution in [0.3, 0.4) is 0 Å². The smallest absolute Gasteiger partial charge is 0.260 e. The van der Waals surface area contributed by atoms with Crippen molar-refractivity contribution in [1.29, 1.82) is 0 Å². The summed E-state index contributed by atoms with van der Waals surface area (Å²) in [4.78, 5) is 12.7. The second kappa shape index (κ2) is 7.93. The molecule has 0 aliphatic heterocycles. The highest BCUT2D eigenvalue weighted by Gasteiger charge is 2.16. The number of hydrogen-bond donors (Lipinski definition) is 1. The van der Waals surface area contributed by atoms with Crippen LogP contribution in [0.2, 0.25) is 5.02 Å². The number of nitrogens with one attached hydrogen (secondary N) is 1.